The third-order valence-electron chi connectivity index (χ3n) is 4.26. The quantitative estimate of drug-likeness (QED) is 0.766. The lowest BCUT2D eigenvalue weighted by molar-refractivity contribution is 0.0527. The van der Waals surface area contributed by atoms with Crippen molar-refractivity contribution in [1.29, 1.82) is 0 Å². The summed E-state index contributed by atoms with van der Waals surface area (Å²) in [5, 5.41) is 3.07. The van der Waals surface area contributed by atoms with Gasteiger partial charge >= 0.3 is 18.0 Å². The van der Waals surface area contributed by atoms with E-state index < -0.39 is 11.9 Å². The highest BCUT2D eigenvalue weighted by Gasteiger charge is 2.29. The normalized spacial score (nSPS) is 17.2. The largest absolute Gasteiger partial charge is 0.462 e. The monoisotopic (exact) mass is 398 g/mol. The molecule has 0 aliphatic carbocycles. The molecule has 1 atom stereocenters. The number of hydrogen-bond donors (Lipinski definition) is 1. The van der Waals surface area contributed by atoms with Gasteiger partial charge in [-0.2, -0.15) is 0 Å². The Labute approximate surface area is 162 Å². The Morgan fingerprint density at radius 3 is 2.52 bits per heavy atom. The van der Waals surface area contributed by atoms with Crippen molar-refractivity contribution in [2.75, 3.05) is 38.3 Å². The molecule has 2 amide bonds. The zero-order chi connectivity index (χ0) is 20.0. The van der Waals surface area contributed by atoms with E-state index in [4.69, 9.17) is 14.2 Å². The number of anilines is 1. The Morgan fingerprint density at radius 2 is 1.85 bits per heavy atom. The Balaban J connectivity index is 2.32. The summed E-state index contributed by atoms with van der Waals surface area (Å²) in [7, 11) is 0. The molecule has 1 aliphatic heterocycles. The molecular weight excluding hydrogens is 372 g/mol. The highest BCUT2D eigenvalue weighted by atomic mass is 32.1. The first-order chi connectivity index (χ1) is 12.9. The van der Waals surface area contributed by atoms with Gasteiger partial charge in [-0.1, -0.05) is 0 Å². The number of rotatable bonds is 5. The fourth-order valence-corrected chi connectivity index (χ4v) is 3.89. The van der Waals surface area contributed by atoms with Crippen LogP contribution in [0, 0.1) is 6.92 Å². The maximum atomic E-state index is 12.8. The molecule has 1 aromatic rings. The van der Waals surface area contributed by atoms with E-state index in [-0.39, 0.29) is 40.7 Å². The first-order valence-electron chi connectivity index (χ1n) is 9.03. The lowest BCUT2D eigenvalue weighted by atomic mass is 10.1. The van der Waals surface area contributed by atoms with Crippen LogP contribution in [0.5, 0.6) is 0 Å². The molecule has 2 rings (SSSR count). The minimum Gasteiger partial charge on any atom is -0.462 e. The van der Waals surface area contributed by atoms with Gasteiger partial charge in [0.1, 0.15) is 9.88 Å². The average molecular weight is 398 g/mol. The highest BCUT2D eigenvalue weighted by Crippen LogP contribution is 2.34. The van der Waals surface area contributed by atoms with Crippen molar-refractivity contribution < 1.29 is 28.6 Å². The van der Waals surface area contributed by atoms with Crippen molar-refractivity contribution in [3.05, 3.63) is 16.0 Å². The van der Waals surface area contributed by atoms with Crippen LogP contribution in [-0.4, -0.2) is 61.9 Å². The molecule has 0 aromatic carbocycles. The minimum absolute atomic E-state index is 0.00382. The van der Waals surface area contributed by atoms with Crippen LogP contribution in [0.3, 0.4) is 0 Å². The summed E-state index contributed by atoms with van der Waals surface area (Å²) in [5.41, 5.74) is 0.636. The van der Waals surface area contributed by atoms with Crippen LogP contribution in [0.4, 0.5) is 9.80 Å². The van der Waals surface area contributed by atoms with Gasteiger partial charge in [-0.05, 0) is 39.7 Å². The van der Waals surface area contributed by atoms with Crippen LogP contribution < -0.4 is 5.32 Å². The molecule has 1 fully saturated rings. The molecule has 0 radical (unpaired) electrons. The summed E-state index contributed by atoms with van der Waals surface area (Å²) in [5.74, 6) is -1.10. The maximum absolute atomic E-state index is 12.8. The minimum atomic E-state index is -0.579. The van der Waals surface area contributed by atoms with Crippen molar-refractivity contribution >= 4 is 34.3 Å². The lowest BCUT2D eigenvalue weighted by Crippen LogP contribution is -2.42. The fraction of sp³-hybridized carbons (Fsp3) is 0.611. The van der Waals surface area contributed by atoms with Crippen LogP contribution in [0.2, 0.25) is 0 Å². The number of hydrogen-bond acceptors (Lipinski definition) is 7. The molecule has 0 bridgehead atoms. The van der Waals surface area contributed by atoms with Gasteiger partial charge in [0.05, 0.1) is 25.4 Å². The Kier molecular flexibility index (Phi) is 7.61. The molecule has 150 valence electrons. The fourth-order valence-electron chi connectivity index (χ4n) is 2.81. The number of urea groups is 1. The van der Waals surface area contributed by atoms with E-state index in [0.717, 1.165) is 17.8 Å². The van der Waals surface area contributed by atoms with E-state index in [1.165, 1.54) is 0 Å². The smallest absolute Gasteiger partial charge is 0.348 e. The maximum Gasteiger partial charge on any atom is 0.348 e. The number of amides is 2. The van der Waals surface area contributed by atoms with Gasteiger partial charge in [-0.3, -0.25) is 5.32 Å². The molecule has 9 heteroatoms. The summed E-state index contributed by atoms with van der Waals surface area (Å²) in [4.78, 5) is 39.3. The topological polar surface area (TPSA) is 94.2 Å². The second kappa shape index (κ2) is 9.70. The lowest BCUT2D eigenvalue weighted by Gasteiger charge is -2.26. The van der Waals surface area contributed by atoms with Gasteiger partial charge in [0, 0.05) is 19.2 Å². The molecular formula is C18H26N2O6S. The first kappa shape index (κ1) is 21.2. The summed E-state index contributed by atoms with van der Waals surface area (Å²) in [6, 6.07) is -0.334. The van der Waals surface area contributed by atoms with Gasteiger partial charge in [-0.15, -0.1) is 11.3 Å². The van der Waals surface area contributed by atoms with E-state index in [1.807, 2.05) is 6.92 Å². The van der Waals surface area contributed by atoms with Crippen molar-refractivity contribution in [2.45, 2.75) is 40.2 Å². The van der Waals surface area contributed by atoms with Gasteiger partial charge in [0.2, 0.25) is 0 Å². The van der Waals surface area contributed by atoms with E-state index in [9.17, 15) is 14.4 Å². The summed E-state index contributed by atoms with van der Waals surface area (Å²) in [6.07, 6.45) is 0.732. The predicted octanol–water partition coefficient (Wildman–Crippen LogP) is 3.05. The highest BCUT2D eigenvalue weighted by molar-refractivity contribution is 7.18. The average Bonchev–Trinajstić information content (AvgIpc) is 2.78. The van der Waals surface area contributed by atoms with Gasteiger partial charge in [-0.25, -0.2) is 14.4 Å². The molecule has 0 unspecified atom stereocenters. The van der Waals surface area contributed by atoms with Gasteiger partial charge in [0.15, 0.2) is 0 Å². The molecule has 0 spiro atoms. The number of esters is 2. The predicted molar refractivity (Wildman–Crippen MR) is 102 cm³/mol. The summed E-state index contributed by atoms with van der Waals surface area (Å²) < 4.78 is 15.6. The Hall–Kier alpha value is -2.13. The molecule has 1 aliphatic rings. The first-order valence-corrected chi connectivity index (χ1v) is 9.85. The van der Waals surface area contributed by atoms with Crippen LogP contribution in [0.1, 0.15) is 52.8 Å². The Morgan fingerprint density at radius 1 is 1.19 bits per heavy atom. The SMILES string of the molecule is CCOC(=O)c1sc(NC(=O)N2CCOCC[C@H]2C)c(C(=O)OCC)c1C. The molecule has 8 nitrogen and oxygen atoms in total. The van der Waals surface area contributed by atoms with Crippen LogP contribution in [-0.2, 0) is 14.2 Å². The number of nitrogens with one attached hydrogen (secondary N) is 1. The van der Waals surface area contributed by atoms with Gasteiger partial charge < -0.3 is 19.1 Å². The molecule has 1 N–H and O–H groups in total. The number of carbonyl (C=O) groups is 3. The molecule has 1 saturated heterocycles. The van der Waals surface area contributed by atoms with E-state index in [0.29, 0.717) is 25.3 Å². The van der Waals surface area contributed by atoms with Crippen molar-refractivity contribution in [3.8, 4) is 0 Å². The standard InChI is InChI=1S/C18H26N2O6S/c1-5-25-16(21)13-12(4)14(17(22)26-6-2)27-15(13)19-18(23)20-8-10-24-9-7-11(20)3/h11H,5-10H2,1-4H3,(H,19,23)/t11-/m1/s1. The molecule has 1 aromatic heterocycles. The van der Waals surface area contributed by atoms with Crippen LogP contribution >= 0.6 is 11.3 Å². The molecule has 27 heavy (non-hydrogen) atoms. The van der Waals surface area contributed by atoms with Crippen LogP contribution in [0.25, 0.3) is 0 Å². The van der Waals surface area contributed by atoms with Gasteiger partial charge in [0.25, 0.3) is 0 Å². The number of nitrogens with zero attached hydrogens (tertiary/aromatic N) is 1. The third-order valence-corrected chi connectivity index (χ3v) is 5.44. The zero-order valence-corrected chi connectivity index (χ0v) is 16.9. The van der Waals surface area contributed by atoms with E-state index >= 15 is 0 Å². The van der Waals surface area contributed by atoms with Crippen molar-refractivity contribution in [1.82, 2.24) is 4.90 Å². The second-order valence-corrected chi connectivity index (χ2v) is 7.10. The molecule has 2 heterocycles. The number of thiophene rings is 1. The number of carbonyl (C=O) groups excluding carboxylic acids is 3. The molecule has 0 saturated carbocycles. The van der Waals surface area contributed by atoms with Crippen molar-refractivity contribution in [3.63, 3.8) is 0 Å². The second-order valence-electron chi connectivity index (χ2n) is 6.07. The zero-order valence-electron chi connectivity index (χ0n) is 16.1. The van der Waals surface area contributed by atoms with Crippen LogP contribution in [0.15, 0.2) is 0 Å². The van der Waals surface area contributed by atoms with E-state index in [1.54, 1.807) is 25.7 Å². The van der Waals surface area contributed by atoms with E-state index in [2.05, 4.69) is 5.32 Å². The summed E-state index contributed by atoms with van der Waals surface area (Å²) >= 11 is 1.02. The number of ether oxygens (including phenoxy) is 3. The van der Waals surface area contributed by atoms with Crippen molar-refractivity contribution in [2.24, 2.45) is 0 Å². The Bertz CT molecular complexity index is 702. The summed E-state index contributed by atoms with van der Waals surface area (Å²) in [6.45, 7) is 8.93. The third kappa shape index (κ3) is 4.98.